The van der Waals surface area contributed by atoms with E-state index in [2.05, 4.69) is 0 Å². The van der Waals surface area contributed by atoms with Gasteiger partial charge in [-0.1, -0.05) is 30.3 Å². The van der Waals surface area contributed by atoms with Crippen molar-refractivity contribution in [1.82, 2.24) is 4.90 Å². The second kappa shape index (κ2) is 5.80. The molecule has 1 saturated heterocycles. The Morgan fingerprint density at radius 2 is 2.18 bits per heavy atom. The van der Waals surface area contributed by atoms with Crippen LogP contribution in [0.4, 0.5) is 0 Å². The van der Waals surface area contributed by atoms with Crippen LogP contribution in [0.1, 0.15) is 12.0 Å². The minimum Gasteiger partial charge on any atom is -0.480 e. The molecule has 1 heterocycles. The number of carboxylic acids is 1. The van der Waals surface area contributed by atoms with Gasteiger partial charge in [-0.15, -0.1) is 0 Å². The molecule has 17 heavy (non-hydrogen) atoms. The Hall–Kier alpha value is -1.39. The van der Waals surface area contributed by atoms with Crippen LogP contribution in [0.2, 0.25) is 0 Å². The topological polar surface area (TPSA) is 49.8 Å². The molecule has 1 atom stereocenters. The molecule has 0 amide bonds. The van der Waals surface area contributed by atoms with Gasteiger partial charge < -0.3 is 9.84 Å². The summed E-state index contributed by atoms with van der Waals surface area (Å²) in [5, 5.41) is 8.69. The van der Waals surface area contributed by atoms with Crippen LogP contribution in [0.15, 0.2) is 30.3 Å². The Labute approximate surface area is 101 Å². The normalized spacial score (nSPS) is 20.6. The molecule has 4 nitrogen and oxygen atoms in total. The quantitative estimate of drug-likeness (QED) is 0.837. The van der Waals surface area contributed by atoms with Crippen molar-refractivity contribution >= 4 is 5.97 Å². The largest absolute Gasteiger partial charge is 0.480 e. The number of rotatable bonds is 5. The van der Waals surface area contributed by atoms with Crippen LogP contribution in [0.5, 0.6) is 0 Å². The van der Waals surface area contributed by atoms with Gasteiger partial charge in [0, 0.05) is 13.1 Å². The van der Waals surface area contributed by atoms with Gasteiger partial charge in [-0.05, 0) is 12.0 Å². The number of hydrogen-bond donors (Lipinski definition) is 1. The van der Waals surface area contributed by atoms with Crippen molar-refractivity contribution in [1.29, 1.82) is 0 Å². The molecule has 2 rings (SSSR count). The molecule has 0 bridgehead atoms. The zero-order valence-corrected chi connectivity index (χ0v) is 9.71. The summed E-state index contributed by atoms with van der Waals surface area (Å²) in [5.41, 5.74) is 1.16. The Bertz CT molecular complexity index is 366. The number of benzene rings is 1. The maximum Gasteiger partial charge on any atom is 0.317 e. The number of likely N-dealkylation sites (tertiary alicyclic amines) is 1. The maximum absolute atomic E-state index is 10.6. The number of aliphatic carboxylic acids is 1. The van der Waals surface area contributed by atoms with E-state index in [0.717, 1.165) is 25.1 Å². The van der Waals surface area contributed by atoms with Crippen LogP contribution < -0.4 is 0 Å². The molecule has 1 N–H and O–H groups in total. The molecule has 1 aromatic carbocycles. The third kappa shape index (κ3) is 3.84. The highest BCUT2D eigenvalue weighted by Gasteiger charge is 2.24. The standard InChI is InChI=1S/C13H17NO3/c15-13(16)9-14-7-6-12(8-14)17-10-11-4-2-1-3-5-11/h1-5,12H,6-10H2,(H,15,16). The van der Waals surface area contributed by atoms with Gasteiger partial charge in [0.1, 0.15) is 0 Å². The molecule has 92 valence electrons. The fourth-order valence-corrected chi connectivity index (χ4v) is 2.06. The van der Waals surface area contributed by atoms with Crippen LogP contribution >= 0.6 is 0 Å². The van der Waals surface area contributed by atoms with Crippen molar-refractivity contribution in [2.24, 2.45) is 0 Å². The lowest BCUT2D eigenvalue weighted by molar-refractivity contribution is -0.138. The van der Waals surface area contributed by atoms with Gasteiger partial charge in [0.25, 0.3) is 0 Å². The summed E-state index contributed by atoms with van der Waals surface area (Å²) >= 11 is 0. The van der Waals surface area contributed by atoms with Crippen molar-refractivity contribution in [2.45, 2.75) is 19.1 Å². The molecule has 0 aromatic heterocycles. The lowest BCUT2D eigenvalue weighted by atomic mass is 10.2. The summed E-state index contributed by atoms with van der Waals surface area (Å²) < 4.78 is 5.77. The Morgan fingerprint density at radius 3 is 2.88 bits per heavy atom. The van der Waals surface area contributed by atoms with Crippen molar-refractivity contribution < 1.29 is 14.6 Å². The summed E-state index contributed by atoms with van der Waals surface area (Å²) in [4.78, 5) is 12.5. The van der Waals surface area contributed by atoms with Gasteiger partial charge in [0.05, 0.1) is 19.3 Å². The monoisotopic (exact) mass is 235 g/mol. The second-order valence-corrected chi connectivity index (χ2v) is 4.34. The van der Waals surface area contributed by atoms with E-state index in [9.17, 15) is 4.79 Å². The minimum atomic E-state index is -0.770. The first-order valence-corrected chi connectivity index (χ1v) is 5.84. The van der Waals surface area contributed by atoms with E-state index in [1.165, 1.54) is 0 Å². The molecule has 0 radical (unpaired) electrons. The summed E-state index contributed by atoms with van der Waals surface area (Å²) in [6.07, 6.45) is 1.08. The highest BCUT2D eigenvalue weighted by atomic mass is 16.5. The fraction of sp³-hybridized carbons (Fsp3) is 0.462. The molecule has 1 aliphatic rings. The molecule has 4 heteroatoms. The van der Waals surface area contributed by atoms with Crippen molar-refractivity contribution in [3.63, 3.8) is 0 Å². The third-order valence-electron chi connectivity index (χ3n) is 2.92. The summed E-state index contributed by atoms with van der Waals surface area (Å²) in [5.74, 6) is -0.770. The molecule has 0 aliphatic carbocycles. The van der Waals surface area contributed by atoms with Crippen LogP contribution in [0.25, 0.3) is 0 Å². The first kappa shape index (κ1) is 12.1. The predicted octanol–water partition coefficient (Wildman–Crippen LogP) is 1.36. The van der Waals surface area contributed by atoms with E-state index in [-0.39, 0.29) is 12.6 Å². The number of hydrogen-bond acceptors (Lipinski definition) is 3. The first-order chi connectivity index (χ1) is 8.24. The van der Waals surface area contributed by atoms with E-state index in [1.807, 2.05) is 35.2 Å². The lowest BCUT2D eigenvalue weighted by Crippen LogP contribution is -2.28. The molecule has 1 aromatic rings. The van der Waals surface area contributed by atoms with E-state index in [0.29, 0.717) is 6.61 Å². The van der Waals surface area contributed by atoms with Crippen molar-refractivity contribution in [3.8, 4) is 0 Å². The molecule has 1 unspecified atom stereocenters. The summed E-state index contributed by atoms with van der Waals surface area (Å²) in [7, 11) is 0. The van der Waals surface area contributed by atoms with Crippen molar-refractivity contribution in [2.75, 3.05) is 19.6 Å². The first-order valence-electron chi connectivity index (χ1n) is 5.84. The Balaban J connectivity index is 1.73. The highest BCUT2D eigenvalue weighted by molar-refractivity contribution is 5.69. The number of ether oxygens (including phenoxy) is 1. The molecule has 1 aliphatic heterocycles. The van der Waals surface area contributed by atoms with Gasteiger partial charge >= 0.3 is 5.97 Å². The summed E-state index contributed by atoms with van der Waals surface area (Å²) in [6, 6.07) is 10.0. The zero-order valence-electron chi connectivity index (χ0n) is 9.71. The lowest BCUT2D eigenvalue weighted by Gasteiger charge is -2.14. The minimum absolute atomic E-state index is 0.116. The van der Waals surface area contributed by atoms with Crippen LogP contribution in [0, 0.1) is 0 Å². The predicted molar refractivity (Wildman–Crippen MR) is 63.7 cm³/mol. The molecule has 1 fully saturated rings. The Morgan fingerprint density at radius 1 is 1.41 bits per heavy atom. The second-order valence-electron chi connectivity index (χ2n) is 4.34. The van der Waals surface area contributed by atoms with E-state index in [1.54, 1.807) is 0 Å². The van der Waals surface area contributed by atoms with Crippen LogP contribution in [-0.2, 0) is 16.1 Å². The van der Waals surface area contributed by atoms with E-state index < -0.39 is 5.97 Å². The smallest absolute Gasteiger partial charge is 0.317 e. The SMILES string of the molecule is O=C(O)CN1CCC(OCc2ccccc2)C1. The zero-order chi connectivity index (χ0) is 12.1. The Kier molecular flexibility index (Phi) is 4.12. The average Bonchev–Trinajstić information content (AvgIpc) is 2.75. The molecule has 0 saturated carbocycles. The maximum atomic E-state index is 10.6. The van der Waals surface area contributed by atoms with Gasteiger partial charge in [0.2, 0.25) is 0 Å². The molecular formula is C13H17NO3. The number of nitrogens with zero attached hydrogens (tertiary/aromatic N) is 1. The van der Waals surface area contributed by atoms with Gasteiger partial charge in [-0.3, -0.25) is 9.69 Å². The van der Waals surface area contributed by atoms with Crippen LogP contribution in [0.3, 0.4) is 0 Å². The molecule has 0 spiro atoms. The summed E-state index contributed by atoms with van der Waals surface area (Å²) in [6.45, 7) is 2.25. The average molecular weight is 235 g/mol. The highest BCUT2D eigenvalue weighted by Crippen LogP contribution is 2.14. The third-order valence-corrected chi connectivity index (χ3v) is 2.92. The van der Waals surface area contributed by atoms with Gasteiger partial charge in [-0.2, -0.15) is 0 Å². The van der Waals surface area contributed by atoms with E-state index >= 15 is 0 Å². The van der Waals surface area contributed by atoms with Gasteiger partial charge in [-0.25, -0.2) is 0 Å². The number of carboxylic acid groups (broad SMARTS) is 1. The van der Waals surface area contributed by atoms with E-state index in [4.69, 9.17) is 9.84 Å². The van der Waals surface area contributed by atoms with Gasteiger partial charge in [0.15, 0.2) is 0 Å². The number of carbonyl (C=O) groups is 1. The molecular weight excluding hydrogens is 218 g/mol. The fourth-order valence-electron chi connectivity index (χ4n) is 2.06. The van der Waals surface area contributed by atoms with Crippen molar-refractivity contribution in [3.05, 3.63) is 35.9 Å². The van der Waals surface area contributed by atoms with Crippen LogP contribution in [-0.4, -0.2) is 41.7 Å².